The van der Waals surface area contributed by atoms with E-state index in [-0.39, 0.29) is 10.8 Å². The van der Waals surface area contributed by atoms with E-state index >= 15 is 0 Å². The van der Waals surface area contributed by atoms with Gasteiger partial charge >= 0.3 is 0 Å². The number of rotatable bonds is 9. The first-order valence-electron chi connectivity index (χ1n) is 11.9. The molecule has 0 radical (unpaired) electrons. The van der Waals surface area contributed by atoms with E-state index in [1.165, 1.54) is 23.9 Å². The highest BCUT2D eigenvalue weighted by molar-refractivity contribution is 8.14. The summed E-state index contributed by atoms with van der Waals surface area (Å²) in [6, 6.07) is 29.3. The van der Waals surface area contributed by atoms with Crippen molar-refractivity contribution in [2.24, 2.45) is 0 Å². The molecule has 0 bridgehead atoms. The van der Waals surface area contributed by atoms with Gasteiger partial charge in [-0.2, -0.15) is 0 Å². The molecular weight excluding hydrogens is 516 g/mol. The topological polar surface area (TPSA) is 89.3 Å². The molecule has 1 amide bonds. The van der Waals surface area contributed by atoms with E-state index in [1.54, 1.807) is 36.4 Å². The van der Waals surface area contributed by atoms with E-state index in [2.05, 4.69) is 5.32 Å². The molecular formula is C30H26N2O4S2. The maximum atomic E-state index is 13.8. The maximum Gasteiger partial charge on any atom is 0.269 e. The summed E-state index contributed by atoms with van der Waals surface area (Å²) in [5.41, 5.74) is 3.06. The minimum Gasteiger partial charge on any atom is -0.340 e. The van der Waals surface area contributed by atoms with Gasteiger partial charge in [0.2, 0.25) is 5.12 Å². The van der Waals surface area contributed by atoms with Crippen molar-refractivity contribution in [3.05, 3.63) is 135 Å². The van der Waals surface area contributed by atoms with E-state index in [4.69, 9.17) is 0 Å². The van der Waals surface area contributed by atoms with Gasteiger partial charge in [0, 0.05) is 27.5 Å². The zero-order chi connectivity index (χ0) is 27.1. The lowest BCUT2D eigenvalue weighted by molar-refractivity contribution is -0.384. The summed E-state index contributed by atoms with van der Waals surface area (Å²) < 4.78 is 0. The predicted octanol–water partition coefficient (Wildman–Crippen LogP) is 7.16. The predicted molar refractivity (Wildman–Crippen MR) is 153 cm³/mol. The Balaban J connectivity index is 1.76. The van der Waals surface area contributed by atoms with Crippen molar-refractivity contribution < 1.29 is 14.5 Å². The van der Waals surface area contributed by atoms with Crippen LogP contribution in [0.5, 0.6) is 0 Å². The van der Waals surface area contributed by atoms with Crippen molar-refractivity contribution in [3.63, 3.8) is 0 Å². The molecule has 2 atom stereocenters. The average Bonchev–Trinajstić information content (AvgIpc) is 2.93. The molecule has 8 heteroatoms. The van der Waals surface area contributed by atoms with Gasteiger partial charge in [0.15, 0.2) is 0 Å². The van der Waals surface area contributed by atoms with Crippen LogP contribution in [0.3, 0.4) is 0 Å². The fraction of sp³-hybridized carbons (Fsp3) is 0.133. The fourth-order valence-electron chi connectivity index (χ4n) is 3.77. The van der Waals surface area contributed by atoms with E-state index in [9.17, 15) is 19.7 Å². The Morgan fingerprint density at radius 3 is 2.00 bits per heavy atom. The van der Waals surface area contributed by atoms with Crippen LogP contribution in [0.2, 0.25) is 0 Å². The van der Waals surface area contributed by atoms with Crippen molar-refractivity contribution in [1.82, 2.24) is 5.32 Å². The number of hydrogen-bond donors (Lipinski definition) is 1. The van der Waals surface area contributed by atoms with Crippen LogP contribution in [0.25, 0.3) is 0 Å². The first-order chi connectivity index (χ1) is 18.3. The van der Waals surface area contributed by atoms with Crippen LogP contribution >= 0.6 is 23.5 Å². The molecule has 0 fully saturated rings. The normalized spacial score (nSPS) is 12.4. The monoisotopic (exact) mass is 542 g/mol. The Bertz CT molecular complexity index is 1430. The van der Waals surface area contributed by atoms with Gasteiger partial charge in [-0.15, -0.1) is 11.8 Å². The van der Waals surface area contributed by atoms with Crippen LogP contribution in [0, 0.1) is 24.0 Å². The quantitative estimate of drug-likeness (QED) is 0.137. The highest BCUT2D eigenvalue weighted by Crippen LogP contribution is 2.41. The molecule has 0 aromatic heterocycles. The molecule has 0 aliphatic heterocycles. The van der Waals surface area contributed by atoms with E-state index in [0.717, 1.165) is 32.7 Å². The zero-order valence-electron chi connectivity index (χ0n) is 20.9. The van der Waals surface area contributed by atoms with E-state index in [1.807, 2.05) is 68.4 Å². The summed E-state index contributed by atoms with van der Waals surface area (Å²) in [6.45, 7) is 3.95. The standard InChI is InChI=1S/C30H26N2O4S2/c1-20-11-15-25(16-12-20)37-28(23-9-6-10-24(19-23)32(35)36)27(31-29(33)22-7-4-3-5-8-22)30(34)38-26-17-13-21(2)14-18-26/h3-19,27-28H,1-2H3,(H,31,33)/t27-,28+/m0/s1. The SMILES string of the molecule is Cc1ccc(SC(=O)[C@@H](NC(=O)c2ccccc2)[C@H](Sc2ccc(C)cc2)c2cccc([N+](=O)[O-])c2)cc1. The number of nitro benzene ring substituents is 1. The van der Waals surface area contributed by atoms with Crippen molar-refractivity contribution in [2.45, 2.75) is 34.9 Å². The number of nitrogens with zero attached hydrogens (tertiary/aromatic N) is 1. The number of amides is 1. The third kappa shape index (κ3) is 7.12. The van der Waals surface area contributed by atoms with Crippen LogP contribution in [0.15, 0.2) is 113 Å². The third-order valence-corrected chi connectivity index (χ3v) is 8.12. The Morgan fingerprint density at radius 1 is 0.789 bits per heavy atom. The lowest BCUT2D eigenvalue weighted by Crippen LogP contribution is -2.43. The molecule has 6 nitrogen and oxygen atoms in total. The minimum atomic E-state index is -0.984. The minimum absolute atomic E-state index is 0.0798. The molecule has 0 saturated carbocycles. The second kappa shape index (κ2) is 12.6. The molecule has 0 aliphatic carbocycles. The molecule has 0 spiro atoms. The number of non-ortho nitro benzene ring substituents is 1. The molecule has 38 heavy (non-hydrogen) atoms. The van der Waals surface area contributed by atoms with Gasteiger partial charge in [0.1, 0.15) is 6.04 Å². The summed E-state index contributed by atoms with van der Waals surface area (Å²) in [7, 11) is 0. The number of thioether (sulfide) groups is 2. The Labute approximate surface area is 230 Å². The molecule has 4 aromatic rings. The van der Waals surface area contributed by atoms with Crippen LogP contribution in [0.4, 0.5) is 5.69 Å². The van der Waals surface area contributed by atoms with Crippen molar-refractivity contribution in [1.29, 1.82) is 0 Å². The van der Waals surface area contributed by atoms with Crippen LogP contribution in [-0.2, 0) is 4.79 Å². The number of nitro groups is 1. The average molecular weight is 543 g/mol. The van der Waals surface area contributed by atoms with Gasteiger partial charge in [0.25, 0.3) is 11.6 Å². The molecule has 0 aliphatic rings. The molecule has 0 heterocycles. The second-order valence-electron chi connectivity index (χ2n) is 8.75. The zero-order valence-corrected chi connectivity index (χ0v) is 22.5. The number of nitrogens with one attached hydrogen (secondary N) is 1. The largest absolute Gasteiger partial charge is 0.340 e. The lowest BCUT2D eigenvalue weighted by atomic mass is 10.0. The molecule has 1 N–H and O–H groups in total. The van der Waals surface area contributed by atoms with Gasteiger partial charge < -0.3 is 5.32 Å². The Kier molecular flexibility index (Phi) is 8.99. The summed E-state index contributed by atoms with van der Waals surface area (Å²) in [6.07, 6.45) is 0. The summed E-state index contributed by atoms with van der Waals surface area (Å²) in [5.74, 6) is -0.395. The van der Waals surface area contributed by atoms with Crippen molar-refractivity contribution in [3.8, 4) is 0 Å². The van der Waals surface area contributed by atoms with Gasteiger partial charge in [-0.1, -0.05) is 65.7 Å². The molecule has 4 aromatic carbocycles. The number of aryl methyl sites for hydroxylation is 2. The first-order valence-corrected chi connectivity index (χ1v) is 13.6. The van der Waals surface area contributed by atoms with Gasteiger partial charge in [-0.25, -0.2) is 0 Å². The summed E-state index contributed by atoms with van der Waals surface area (Å²) >= 11 is 2.43. The van der Waals surface area contributed by atoms with Crippen LogP contribution < -0.4 is 5.32 Å². The third-order valence-electron chi connectivity index (χ3n) is 5.81. The van der Waals surface area contributed by atoms with Gasteiger partial charge in [-0.05, 0) is 67.6 Å². The summed E-state index contributed by atoms with van der Waals surface area (Å²) in [4.78, 5) is 39.8. The first kappa shape index (κ1) is 27.2. The smallest absolute Gasteiger partial charge is 0.269 e. The highest BCUT2D eigenvalue weighted by atomic mass is 32.2. The van der Waals surface area contributed by atoms with Gasteiger partial charge in [-0.3, -0.25) is 19.7 Å². The van der Waals surface area contributed by atoms with Crippen LogP contribution in [-0.4, -0.2) is 22.0 Å². The number of hydrogen-bond acceptors (Lipinski definition) is 6. The number of benzene rings is 4. The maximum absolute atomic E-state index is 13.8. The Hall–Kier alpha value is -3.88. The fourth-order valence-corrected chi connectivity index (χ4v) is 5.88. The van der Waals surface area contributed by atoms with E-state index in [0.29, 0.717) is 11.1 Å². The van der Waals surface area contributed by atoms with E-state index < -0.39 is 22.1 Å². The summed E-state index contributed by atoms with van der Waals surface area (Å²) in [5, 5.41) is 13.6. The number of carbonyl (C=O) groups excluding carboxylic acids is 2. The van der Waals surface area contributed by atoms with Crippen molar-refractivity contribution >= 4 is 40.2 Å². The highest BCUT2D eigenvalue weighted by Gasteiger charge is 2.34. The van der Waals surface area contributed by atoms with Crippen LogP contribution in [0.1, 0.15) is 32.3 Å². The number of carbonyl (C=O) groups is 2. The second-order valence-corrected chi connectivity index (χ2v) is 11.0. The molecule has 4 rings (SSSR count). The lowest BCUT2D eigenvalue weighted by Gasteiger charge is -2.27. The molecule has 0 unspecified atom stereocenters. The molecule has 0 saturated heterocycles. The Morgan fingerprint density at radius 2 is 1.39 bits per heavy atom. The van der Waals surface area contributed by atoms with Crippen molar-refractivity contribution in [2.75, 3.05) is 0 Å². The van der Waals surface area contributed by atoms with Gasteiger partial charge in [0.05, 0.1) is 10.2 Å². The molecule has 192 valence electrons.